The van der Waals surface area contributed by atoms with E-state index in [1.165, 1.54) is 5.57 Å². The summed E-state index contributed by atoms with van der Waals surface area (Å²) < 4.78 is 12.2. The van der Waals surface area contributed by atoms with E-state index in [-0.39, 0.29) is 29.6 Å². The maximum absolute atomic E-state index is 6.12. The van der Waals surface area contributed by atoms with Gasteiger partial charge in [-0.1, -0.05) is 38.5 Å². The maximum atomic E-state index is 6.12. The fourth-order valence-electron chi connectivity index (χ4n) is 2.33. The lowest BCUT2D eigenvalue weighted by Crippen LogP contribution is -2.41. The molecule has 0 aliphatic carbocycles. The SMILES string of the molecule is C=CC(B1OC(C)(C)C(C)(C)O1)/C(C)=C/C(C)(C)C. The first kappa shape index (κ1) is 16.5. The molecule has 0 spiro atoms. The van der Waals surface area contributed by atoms with Gasteiger partial charge in [0.1, 0.15) is 0 Å². The first-order valence-corrected chi connectivity index (χ1v) is 7.07. The Hall–Kier alpha value is -0.535. The fraction of sp³-hybridized carbons (Fsp3) is 0.750. The van der Waals surface area contributed by atoms with Gasteiger partial charge in [0.25, 0.3) is 0 Å². The standard InChI is InChI=1S/C16H29BO2/c1-10-13(12(2)11-14(3,4)5)17-18-15(6,7)16(8,9)19-17/h10-11,13H,1H2,2-9H3/b12-11+. The molecule has 0 aromatic heterocycles. The summed E-state index contributed by atoms with van der Waals surface area (Å²) in [6.45, 7) is 21.0. The summed E-state index contributed by atoms with van der Waals surface area (Å²) in [4.78, 5) is 0. The lowest BCUT2D eigenvalue weighted by atomic mass is 9.67. The van der Waals surface area contributed by atoms with Gasteiger partial charge in [-0.3, -0.25) is 0 Å². The molecule has 19 heavy (non-hydrogen) atoms. The van der Waals surface area contributed by atoms with E-state index in [2.05, 4.69) is 68.0 Å². The van der Waals surface area contributed by atoms with Crippen LogP contribution >= 0.6 is 0 Å². The molecular formula is C16H29BO2. The Bertz CT molecular complexity index is 359. The predicted molar refractivity (Wildman–Crippen MR) is 83.2 cm³/mol. The molecule has 1 unspecified atom stereocenters. The van der Waals surface area contributed by atoms with Crippen molar-refractivity contribution >= 4 is 7.12 Å². The zero-order chi connectivity index (χ0) is 15.1. The minimum absolute atomic E-state index is 0.0975. The average molecular weight is 264 g/mol. The van der Waals surface area contributed by atoms with Crippen LogP contribution in [0.1, 0.15) is 55.4 Å². The number of hydrogen-bond donors (Lipinski definition) is 0. The highest BCUT2D eigenvalue weighted by atomic mass is 16.7. The highest BCUT2D eigenvalue weighted by Gasteiger charge is 2.53. The van der Waals surface area contributed by atoms with Crippen molar-refractivity contribution in [3.63, 3.8) is 0 Å². The van der Waals surface area contributed by atoms with E-state index in [1.54, 1.807) is 0 Å². The summed E-state index contributed by atoms with van der Waals surface area (Å²) in [6.07, 6.45) is 4.20. The quantitative estimate of drug-likeness (QED) is 0.546. The van der Waals surface area contributed by atoms with Gasteiger partial charge in [0, 0.05) is 5.82 Å². The van der Waals surface area contributed by atoms with Gasteiger partial charge in [0.15, 0.2) is 0 Å². The van der Waals surface area contributed by atoms with Gasteiger partial charge >= 0.3 is 7.12 Å². The van der Waals surface area contributed by atoms with Crippen LogP contribution in [0.2, 0.25) is 5.82 Å². The van der Waals surface area contributed by atoms with Crippen LogP contribution in [0.3, 0.4) is 0 Å². The summed E-state index contributed by atoms with van der Waals surface area (Å²) in [5.74, 6) is 0.0975. The van der Waals surface area contributed by atoms with Crippen molar-refractivity contribution in [2.45, 2.75) is 72.4 Å². The Kier molecular flexibility index (Phi) is 4.44. The molecular weight excluding hydrogens is 235 g/mol. The molecule has 1 atom stereocenters. The van der Waals surface area contributed by atoms with E-state index in [1.807, 2.05) is 6.08 Å². The van der Waals surface area contributed by atoms with Crippen LogP contribution in [0, 0.1) is 5.41 Å². The van der Waals surface area contributed by atoms with E-state index in [9.17, 15) is 0 Å². The van der Waals surface area contributed by atoms with Gasteiger partial charge in [-0.25, -0.2) is 0 Å². The van der Waals surface area contributed by atoms with Crippen molar-refractivity contribution in [1.82, 2.24) is 0 Å². The third-order valence-electron chi connectivity index (χ3n) is 4.01. The van der Waals surface area contributed by atoms with Gasteiger partial charge in [-0.05, 0) is 40.0 Å². The van der Waals surface area contributed by atoms with Crippen LogP contribution in [0.4, 0.5) is 0 Å². The van der Waals surface area contributed by atoms with Crippen molar-refractivity contribution in [3.8, 4) is 0 Å². The lowest BCUT2D eigenvalue weighted by molar-refractivity contribution is 0.00578. The normalized spacial score (nSPS) is 24.4. The van der Waals surface area contributed by atoms with Crippen LogP contribution in [-0.4, -0.2) is 18.3 Å². The molecule has 1 rings (SSSR count). The van der Waals surface area contributed by atoms with E-state index < -0.39 is 0 Å². The third-order valence-corrected chi connectivity index (χ3v) is 4.01. The van der Waals surface area contributed by atoms with Crippen molar-refractivity contribution in [2.75, 3.05) is 0 Å². The maximum Gasteiger partial charge on any atom is 0.469 e. The molecule has 0 aromatic rings. The van der Waals surface area contributed by atoms with Crippen LogP contribution in [-0.2, 0) is 9.31 Å². The van der Waals surface area contributed by atoms with Crippen molar-refractivity contribution in [1.29, 1.82) is 0 Å². The van der Waals surface area contributed by atoms with E-state index in [0.29, 0.717) is 0 Å². The van der Waals surface area contributed by atoms with Crippen molar-refractivity contribution < 1.29 is 9.31 Å². The molecule has 0 bridgehead atoms. The number of hydrogen-bond acceptors (Lipinski definition) is 2. The summed E-state index contributed by atoms with van der Waals surface area (Å²) in [5.41, 5.74) is 0.817. The molecule has 108 valence electrons. The van der Waals surface area contributed by atoms with Gasteiger partial charge in [0.2, 0.25) is 0 Å². The highest BCUT2D eigenvalue weighted by molar-refractivity contribution is 6.49. The van der Waals surface area contributed by atoms with Gasteiger partial charge in [-0.15, -0.1) is 6.58 Å². The van der Waals surface area contributed by atoms with E-state index >= 15 is 0 Å². The molecule has 2 nitrogen and oxygen atoms in total. The minimum Gasteiger partial charge on any atom is -0.403 e. The Morgan fingerprint density at radius 3 is 1.84 bits per heavy atom. The second kappa shape index (κ2) is 5.10. The summed E-state index contributed by atoms with van der Waals surface area (Å²) in [5, 5.41) is 0. The van der Waals surface area contributed by atoms with Crippen LogP contribution in [0.5, 0.6) is 0 Å². The summed E-state index contributed by atoms with van der Waals surface area (Å²) >= 11 is 0. The molecule has 1 aliphatic rings. The predicted octanol–water partition coefficient (Wildman–Crippen LogP) is 4.63. The molecule has 3 heteroatoms. The molecule has 0 aromatic carbocycles. The first-order valence-electron chi connectivity index (χ1n) is 7.07. The van der Waals surface area contributed by atoms with Crippen LogP contribution in [0.25, 0.3) is 0 Å². The van der Waals surface area contributed by atoms with Gasteiger partial charge in [0.05, 0.1) is 11.2 Å². The molecule has 0 N–H and O–H groups in total. The smallest absolute Gasteiger partial charge is 0.403 e. The van der Waals surface area contributed by atoms with Crippen molar-refractivity contribution in [2.24, 2.45) is 5.41 Å². The Balaban J connectivity index is 2.96. The number of allylic oxidation sites excluding steroid dienone is 3. The molecule has 0 saturated carbocycles. The Labute approximate surface area is 119 Å². The Morgan fingerprint density at radius 1 is 1.11 bits per heavy atom. The lowest BCUT2D eigenvalue weighted by Gasteiger charge is -2.32. The van der Waals surface area contributed by atoms with Gasteiger partial charge in [-0.2, -0.15) is 0 Å². The first-order chi connectivity index (χ1) is 8.39. The van der Waals surface area contributed by atoms with E-state index in [0.717, 1.165) is 0 Å². The zero-order valence-electron chi connectivity index (χ0n) is 13.8. The average Bonchev–Trinajstić information content (AvgIpc) is 2.33. The molecule has 0 radical (unpaired) electrons. The molecule has 1 heterocycles. The molecule has 1 aliphatic heterocycles. The highest BCUT2D eigenvalue weighted by Crippen LogP contribution is 2.42. The molecule has 1 fully saturated rings. The van der Waals surface area contributed by atoms with Gasteiger partial charge < -0.3 is 9.31 Å². The zero-order valence-corrected chi connectivity index (χ0v) is 13.8. The monoisotopic (exact) mass is 264 g/mol. The van der Waals surface area contributed by atoms with Crippen molar-refractivity contribution in [3.05, 3.63) is 24.3 Å². The second-order valence-corrected chi connectivity index (χ2v) is 7.64. The molecule has 1 saturated heterocycles. The summed E-state index contributed by atoms with van der Waals surface area (Å²) in [6, 6.07) is 0. The van der Waals surface area contributed by atoms with Crippen LogP contribution < -0.4 is 0 Å². The van der Waals surface area contributed by atoms with Crippen LogP contribution in [0.15, 0.2) is 24.3 Å². The summed E-state index contributed by atoms with van der Waals surface area (Å²) in [7, 11) is -0.249. The fourth-order valence-corrected chi connectivity index (χ4v) is 2.33. The third kappa shape index (κ3) is 3.73. The topological polar surface area (TPSA) is 18.5 Å². The number of rotatable bonds is 3. The minimum atomic E-state index is -0.291. The molecule has 0 amide bonds. The largest absolute Gasteiger partial charge is 0.469 e. The second-order valence-electron chi connectivity index (χ2n) is 7.64. The van der Waals surface area contributed by atoms with E-state index in [4.69, 9.17) is 9.31 Å². The Morgan fingerprint density at radius 2 is 1.53 bits per heavy atom.